The second-order valence-electron chi connectivity index (χ2n) is 2.71. The maximum atomic E-state index is 11.5. The molecule has 0 bridgehead atoms. The molecule has 1 unspecified atom stereocenters. The number of amides is 1. The van der Waals surface area contributed by atoms with E-state index in [-0.39, 0.29) is 0 Å². The highest BCUT2D eigenvalue weighted by atomic mass is 127. The van der Waals surface area contributed by atoms with Gasteiger partial charge in [-0.3, -0.25) is 9.59 Å². The number of benzene rings is 1. The molecule has 0 saturated carbocycles. The average Bonchev–Trinajstić information content (AvgIpc) is 2.30. The lowest BCUT2D eigenvalue weighted by molar-refractivity contribution is -0.116. The lowest BCUT2D eigenvalue weighted by atomic mass is 10.1. The first-order valence-electron chi connectivity index (χ1n) is 4.27. The highest BCUT2D eigenvalue weighted by molar-refractivity contribution is 14.2. The number of carbonyl (C=O) groups excluding carboxylic acids is 2. The Labute approximate surface area is 108 Å². The van der Waals surface area contributed by atoms with Gasteiger partial charge in [0.05, 0.1) is 0 Å². The zero-order valence-electron chi connectivity index (χ0n) is 8.20. The molecule has 1 N–H and O–H groups in total. The smallest absolute Gasteiger partial charge is 0.296 e. The molecule has 0 heterocycles. The van der Waals surface area contributed by atoms with Crippen LogP contribution in [0.5, 0.6) is 5.75 Å². The van der Waals surface area contributed by atoms with Crippen molar-refractivity contribution < 1.29 is 14.1 Å². The molecule has 16 heavy (non-hydrogen) atoms. The fraction of sp³-hybridized carbons (Fsp3) is 0. The maximum Gasteiger partial charge on any atom is 0.296 e. The Kier molecular flexibility index (Phi) is 5.42. The van der Waals surface area contributed by atoms with Gasteiger partial charge in [0.1, 0.15) is 12.2 Å². The van der Waals surface area contributed by atoms with Crippen molar-refractivity contribution >= 4 is 40.2 Å². The van der Waals surface area contributed by atoms with Gasteiger partial charge in [-0.2, -0.15) is 0 Å². The SMILES string of the molecule is C=CNC(=O)C(=O)c1ccc(OPI)cc1. The van der Waals surface area contributed by atoms with E-state index < -0.39 is 11.7 Å². The zero-order chi connectivity index (χ0) is 12.0. The standard InChI is InChI=1S/C10H9INO3P/c1-2-12-10(14)9(13)7-3-5-8(6-4-7)15-16-11/h2-6,16H,1H2,(H,12,14). The number of ketones is 1. The van der Waals surface area contributed by atoms with Gasteiger partial charge in [-0.1, -0.05) is 6.58 Å². The highest BCUT2D eigenvalue weighted by Crippen LogP contribution is 2.26. The second kappa shape index (κ2) is 6.60. The van der Waals surface area contributed by atoms with Crippen molar-refractivity contribution in [3.63, 3.8) is 0 Å². The summed E-state index contributed by atoms with van der Waals surface area (Å²) in [5.41, 5.74) is 0.323. The quantitative estimate of drug-likeness (QED) is 0.385. The third-order valence-electron chi connectivity index (χ3n) is 1.71. The van der Waals surface area contributed by atoms with Gasteiger partial charge in [0.2, 0.25) is 0 Å². The summed E-state index contributed by atoms with van der Waals surface area (Å²) in [5, 5.41) is 2.23. The summed E-state index contributed by atoms with van der Waals surface area (Å²) in [7, 11) is 0. The van der Waals surface area contributed by atoms with Crippen molar-refractivity contribution in [2.75, 3.05) is 0 Å². The molecule has 6 heteroatoms. The highest BCUT2D eigenvalue weighted by Gasteiger charge is 2.14. The van der Waals surface area contributed by atoms with E-state index >= 15 is 0 Å². The Morgan fingerprint density at radius 3 is 2.50 bits per heavy atom. The lowest BCUT2D eigenvalue weighted by Crippen LogP contribution is -2.26. The van der Waals surface area contributed by atoms with Gasteiger partial charge in [-0.05, 0) is 52.5 Å². The first-order valence-corrected chi connectivity index (χ1v) is 8.30. The van der Waals surface area contributed by atoms with Crippen LogP contribution in [0, 0.1) is 0 Å². The van der Waals surface area contributed by atoms with Crippen LogP contribution in [0.1, 0.15) is 10.4 Å². The van der Waals surface area contributed by atoms with Crippen molar-refractivity contribution in [1.29, 1.82) is 0 Å². The summed E-state index contributed by atoms with van der Waals surface area (Å²) in [4.78, 5) is 22.7. The normalized spacial score (nSPS) is 10.1. The van der Waals surface area contributed by atoms with E-state index in [1.54, 1.807) is 24.3 Å². The zero-order valence-corrected chi connectivity index (χ0v) is 11.4. The van der Waals surface area contributed by atoms with Crippen LogP contribution in [-0.4, -0.2) is 11.7 Å². The molecule has 0 aliphatic heterocycles. The Balaban J connectivity index is 2.77. The van der Waals surface area contributed by atoms with Crippen LogP contribution in [0.4, 0.5) is 0 Å². The third kappa shape index (κ3) is 3.57. The van der Waals surface area contributed by atoms with Gasteiger partial charge in [0.15, 0.2) is 0 Å². The van der Waals surface area contributed by atoms with Crippen LogP contribution in [-0.2, 0) is 4.79 Å². The second-order valence-corrected chi connectivity index (χ2v) is 4.39. The number of carbonyl (C=O) groups is 2. The molecule has 1 amide bonds. The van der Waals surface area contributed by atoms with E-state index in [4.69, 9.17) is 4.52 Å². The first kappa shape index (κ1) is 13.1. The van der Waals surface area contributed by atoms with Crippen LogP contribution in [0.3, 0.4) is 0 Å². The fourth-order valence-electron chi connectivity index (χ4n) is 1.01. The molecule has 0 saturated heterocycles. The van der Waals surface area contributed by atoms with Gasteiger partial charge in [-0.25, -0.2) is 0 Å². The van der Waals surface area contributed by atoms with Crippen molar-refractivity contribution in [2.45, 2.75) is 0 Å². The monoisotopic (exact) mass is 349 g/mol. The first-order chi connectivity index (χ1) is 7.69. The largest absolute Gasteiger partial charge is 0.467 e. The van der Waals surface area contributed by atoms with Gasteiger partial charge < -0.3 is 9.84 Å². The summed E-state index contributed by atoms with van der Waals surface area (Å²) in [6.45, 7) is 3.63. The van der Waals surface area contributed by atoms with E-state index in [2.05, 4.69) is 33.9 Å². The molecular weight excluding hydrogens is 340 g/mol. The molecular formula is C10H9INO3P. The minimum atomic E-state index is -0.695. The Hall–Kier alpha value is -0.940. The average molecular weight is 349 g/mol. The number of nitrogens with one attached hydrogen (secondary N) is 1. The molecule has 1 aromatic carbocycles. The lowest BCUT2D eigenvalue weighted by Gasteiger charge is -2.02. The summed E-state index contributed by atoms with van der Waals surface area (Å²) in [6, 6.07) is 6.41. The van der Waals surface area contributed by atoms with Crippen LogP contribution in [0.2, 0.25) is 0 Å². The number of rotatable bonds is 5. The Bertz CT molecular complexity index is 405. The van der Waals surface area contributed by atoms with Crippen molar-refractivity contribution in [2.24, 2.45) is 0 Å². The topological polar surface area (TPSA) is 55.4 Å². The molecule has 1 aromatic rings. The molecule has 0 aliphatic carbocycles. The van der Waals surface area contributed by atoms with Gasteiger partial charge in [0.25, 0.3) is 11.7 Å². The van der Waals surface area contributed by atoms with E-state index in [1.165, 1.54) is 6.20 Å². The van der Waals surface area contributed by atoms with E-state index in [1.807, 2.05) is 0 Å². The Morgan fingerprint density at radius 1 is 1.38 bits per heavy atom. The molecule has 0 spiro atoms. The molecule has 84 valence electrons. The molecule has 0 fully saturated rings. The molecule has 0 aromatic heterocycles. The summed E-state index contributed by atoms with van der Waals surface area (Å²) < 4.78 is 5.23. The fourth-order valence-corrected chi connectivity index (χ4v) is 2.00. The van der Waals surface area contributed by atoms with Gasteiger partial charge in [0, 0.05) is 5.56 Å². The number of hydrogen-bond acceptors (Lipinski definition) is 3. The minimum absolute atomic E-state index is 0.314. The summed E-state index contributed by atoms with van der Waals surface area (Å²) in [5.74, 6) is -0.615. The Morgan fingerprint density at radius 2 is 2.00 bits per heavy atom. The predicted molar refractivity (Wildman–Crippen MR) is 72.1 cm³/mol. The molecule has 1 rings (SSSR count). The van der Waals surface area contributed by atoms with E-state index in [9.17, 15) is 9.59 Å². The minimum Gasteiger partial charge on any atom is -0.467 e. The number of Topliss-reactive ketones (excluding diaryl/α,β-unsaturated/α-hetero) is 1. The van der Waals surface area contributed by atoms with Crippen LogP contribution in [0.25, 0.3) is 0 Å². The van der Waals surface area contributed by atoms with Crippen LogP contribution >= 0.6 is 28.5 Å². The molecule has 4 nitrogen and oxygen atoms in total. The predicted octanol–water partition coefficient (Wildman–Crippen LogP) is 2.45. The van der Waals surface area contributed by atoms with Crippen molar-refractivity contribution in [1.82, 2.24) is 5.32 Å². The van der Waals surface area contributed by atoms with Crippen LogP contribution < -0.4 is 9.84 Å². The van der Waals surface area contributed by atoms with Gasteiger partial charge in [-0.15, -0.1) is 0 Å². The molecule has 0 aliphatic rings. The summed E-state index contributed by atoms with van der Waals surface area (Å²) in [6.07, 6.45) is 1.18. The number of hydrogen-bond donors (Lipinski definition) is 1. The van der Waals surface area contributed by atoms with Gasteiger partial charge >= 0.3 is 0 Å². The number of halogens is 1. The summed E-state index contributed by atoms with van der Waals surface area (Å²) >= 11 is 2.10. The maximum absolute atomic E-state index is 11.5. The van der Waals surface area contributed by atoms with Crippen LogP contribution in [0.15, 0.2) is 37.0 Å². The molecule has 1 atom stereocenters. The van der Waals surface area contributed by atoms with E-state index in [0.29, 0.717) is 17.8 Å². The third-order valence-corrected chi connectivity index (χ3v) is 2.69. The van der Waals surface area contributed by atoms with E-state index in [0.717, 1.165) is 0 Å². The van der Waals surface area contributed by atoms with Crippen molar-refractivity contribution in [3.05, 3.63) is 42.6 Å². The van der Waals surface area contributed by atoms with Crippen molar-refractivity contribution in [3.8, 4) is 5.75 Å². The molecule has 0 radical (unpaired) electrons.